The van der Waals surface area contributed by atoms with Crippen molar-refractivity contribution in [3.8, 4) is 11.3 Å². The maximum absolute atomic E-state index is 13.4. The molecule has 1 aliphatic rings. The fourth-order valence-electron chi connectivity index (χ4n) is 3.70. The Balaban J connectivity index is 1.54. The number of oxazole rings is 1. The monoisotopic (exact) mass is 510 g/mol. The summed E-state index contributed by atoms with van der Waals surface area (Å²) < 4.78 is 11.3. The normalized spacial score (nSPS) is 13.9. The number of fused-ring (bicyclic) bond motifs is 1. The highest BCUT2D eigenvalue weighted by atomic mass is 32.2. The number of amides is 2. The molecule has 0 fully saturated rings. The van der Waals surface area contributed by atoms with E-state index in [-0.39, 0.29) is 12.5 Å². The predicted molar refractivity (Wildman–Crippen MR) is 138 cm³/mol. The lowest BCUT2D eigenvalue weighted by Crippen LogP contribution is -2.33. The van der Waals surface area contributed by atoms with Crippen LogP contribution in [-0.2, 0) is 11.3 Å². The summed E-state index contributed by atoms with van der Waals surface area (Å²) in [5, 5.41) is 0.627. The van der Waals surface area contributed by atoms with Gasteiger partial charge in [-0.3, -0.25) is 4.79 Å². The first kappa shape index (κ1) is 25.5. The minimum atomic E-state index is -0.586. The van der Waals surface area contributed by atoms with Gasteiger partial charge in [0.2, 0.25) is 5.89 Å². The van der Waals surface area contributed by atoms with E-state index in [2.05, 4.69) is 15.0 Å². The van der Waals surface area contributed by atoms with Gasteiger partial charge in [-0.2, -0.15) is 0 Å². The van der Waals surface area contributed by atoms with Crippen LogP contribution in [0, 0.1) is 0 Å². The number of hydrogen-bond donors (Lipinski definition) is 0. The molecule has 3 aromatic rings. The zero-order valence-electron chi connectivity index (χ0n) is 21.3. The van der Waals surface area contributed by atoms with Gasteiger partial charge in [0.05, 0.1) is 6.20 Å². The van der Waals surface area contributed by atoms with Crippen LogP contribution in [0.25, 0.3) is 11.3 Å². The number of ether oxygens (including phenoxy) is 1. The van der Waals surface area contributed by atoms with E-state index in [1.54, 1.807) is 24.3 Å². The number of aromatic nitrogens is 3. The SMILES string of the molecule is CSc1ncc2c(n1)N(C)CCN(c1cccc(-c3cnc(CN(C)C(=O)OC(C)(C)C)o3)c1)C2=O. The molecule has 0 aliphatic carbocycles. The quantitative estimate of drug-likeness (QED) is 0.367. The molecule has 0 saturated carbocycles. The summed E-state index contributed by atoms with van der Waals surface area (Å²) >= 11 is 1.44. The minimum Gasteiger partial charge on any atom is -0.444 e. The van der Waals surface area contributed by atoms with E-state index in [1.807, 2.05) is 63.2 Å². The first-order valence-corrected chi connectivity index (χ1v) is 12.7. The number of carbonyl (C=O) groups excluding carboxylic acids is 2. The molecule has 4 rings (SSSR count). The summed E-state index contributed by atoms with van der Waals surface area (Å²) in [6.07, 6.45) is 4.66. The molecular weight excluding hydrogens is 480 g/mol. The maximum atomic E-state index is 13.4. The fourth-order valence-corrected chi connectivity index (χ4v) is 4.03. The van der Waals surface area contributed by atoms with Crippen molar-refractivity contribution in [2.75, 3.05) is 43.2 Å². The van der Waals surface area contributed by atoms with Gasteiger partial charge in [-0.25, -0.2) is 19.7 Å². The summed E-state index contributed by atoms with van der Waals surface area (Å²) in [4.78, 5) is 44.0. The molecule has 190 valence electrons. The van der Waals surface area contributed by atoms with E-state index in [0.717, 1.165) is 11.3 Å². The third kappa shape index (κ3) is 5.62. The number of carbonyl (C=O) groups is 2. The number of rotatable bonds is 5. The van der Waals surface area contributed by atoms with Gasteiger partial charge in [-0.15, -0.1) is 0 Å². The summed E-state index contributed by atoms with van der Waals surface area (Å²) in [5.74, 6) is 1.40. The van der Waals surface area contributed by atoms with E-state index >= 15 is 0 Å². The van der Waals surface area contributed by atoms with Crippen LogP contribution < -0.4 is 9.80 Å². The highest BCUT2D eigenvalue weighted by Crippen LogP contribution is 2.30. The average Bonchev–Trinajstić information content (AvgIpc) is 3.26. The van der Waals surface area contributed by atoms with Gasteiger partial charge >= 0.3 is 6.09 Å². The Bertz CT molecular complexity index is 1270. The molecule has 1 aliphatic heterocycles. The molecule has 10 nitrogen and oxygen atoms in total. The van der Waals surface area contributed by atoms with Crippen LogP contribution in [-0.4, -0.2) is 70.9 Å². The van der Waals surface area contributed by atoms with Gasteiger partial charge in [0, 0.05) is 44.6 Å². The summed E-state index contributed by atoms with van der Waals surface area (Å²) in [5.41, 5.74) is 1.38. The smallest absolute Gasteiger partial charge is 0.410 e. The van der Waals surface area contributed by atoms with Crippen molar-refractivity contribution in [2.45, 2.75) is 38.1 Å². The highest BCUT2D eigenvalue weighted by Gasteiger charge is 2.28. The Labute approximate surface area is 214 Å². The molecule has 0 unspecified atom stereocenters. The standard InChI is InChI=1S/C25H30N6O4S/c1-25(2,3)35-24(33)30(5)15-20-26-14-19(34-20)16-8-7-9-17(12-16)31-11-10-29(4)21-18(22(31)32)13-27-23(28-21)36-6/h7-9,12-14H,10-11,15H2,1-6H3. The Morgan fingerprint density at radius 1 is 1.22 bits per heavy atom. The Morgan fingerprint density at radius 3 is 2.72 bits per heavy atom. The lowest BCUT2D eigenvalue weighted by molar-refractivity contribution is 0.0272. The number of hydrogen-bond acceptors (Lipinski definition) is 9. The van der Waals surface area contributed by atoms with Gasteiger partial charge in [-0.1, -0.05) is 23.9 Å². The van der Waals surface area contributed by atoms with Crippen LogP contribution in [0.4, 0.5) is 16.3 Å². The second-order valence-electron chi connectivity index (χ2n) is 9.48. The molecule has 0 saturated heterocycles. The van der Waals surface area contributed by atoms with Crippen molar-refractivity contribution < 1.29 is 18.7 Å². The van der Waals surface area contributed by atoms with Crippen molar-refractivity contribution in [1.82, 2.24) is 19.9 Å². The Morgan fingerprint density at radius 2 is 2.00 bits per heavy atom. The zero-order valence-corrected chi connectivity index (χ0v) is 22.1. The van der Waals surface area contributed by atoms with Crippen molar-refractivity contribution in [3.05, 3.63) is 48.1 Å². The molecule has 0 bridgehead atoms. The molecule has 1 aromatic carbocycles. The van der Waals surface area contributed by atoms with E-state index in [9.17, 15) is 9.59 Å². The molecule has 0 atom stereocenters. The van der Waals surface area contributed by atoms with Crippen LogP contribution in [0.1, 0.15) is 37.0 Å². The van der Waals surface area contributed by atoms with Crippen LogP contribution >= 0.6 is 11.8 Å². The Hall–Kier alpha value is -3.60. The molecule has 3 heterocycles. The van der Waals surface area contributed by atoms with E-state index in [1.165, 1.54) is 16.7 Å². The second-order valence-corrected chi connectivity index (χ2v) is 10.3. The average molecular weight is 511 g/mol. The molecule has 2 amide bonds. The van der Waals surface area contributed by atoms with Crippen LogP contribution in [0.2, 0.25) is 0 Å². The number of thioether (sulfide) groups is 1. The minimum absolute atomic E-state index is 0.156. The molecular formula is C25H30N6O4S. The largest absolute Gasteiger partial charge is 0.444 e. The maximum Gasteiger partial charge on any atom is 0.410 e. The third-order valence-corrected chi connectivity index (χ3v) is 6.06. The van der Waals surface area contributed by atoms with Crippen molar-refractivity contribution in [1.29, 1.82) is 0 Å². The fraction of sp³-hybridized carbons (Fsp3) is 0.400. The number of nitrogens with zero attached hydrogens (tertiary/aromatic N) is 6. The molecule has 11 heteroatoms. The van der Waals surface area contributed by atoms with Gasteiger partial charge in [-0.05, 0) is 39.2 Å². The van der Waals surface area contributed by atoms with Crippen molar-refractivity contribution in [3.63, 3.8) is 0 Å². The lowest BCUT2D eigenvalue weighted by atomic mass is 10.1. The van der Waals surface area contributed by atoms with Gasteiger partial charge < -0.3 is 23.9 Å². The first-order valence-electron chi connectivity index (χ1n) is 11.5. The van der Waals surface area contributed by atoms with E-state index in [4.69, 9.17) is 9.15 Å². The van der Waals surface area contributed by atoms with Gasteiger partial charge in [0.1, 0.15) is 23.5 Å². The zero-order chi connectivity index (χ0) is 26.0. The molecule has 2 aromatic heterocycles. The summed E-state index contributed by atoms with van der Waals surface area (Å²) in [7, 11) is 3.55. The number of benzene rings is 1. The van der Waals surface area contributed by atoms with E-state index in [0.29, 0.717) is 41.3 Å². The van der Waals surface area contributed by atoms with E-state index < -0.39 is 11.7 Å². The lowest BCUT2D eigenvalue weighted by Gasteiger charge is -2.23. The topological polar surface area (TPSA) is 105 Å². The highest BCUT2D eigenvalue weighted by molar-refractivity contribution is 7.98. The molecule has 0 spiro atoms. The Kier molecular flexibility index (Phi) is 7.21. The number of anilines is 2. The van der Waals surface area contributed by atoms with Gasteiger partial charge in [0.25, 0.3) is 5.91 Å². The van der Waals surface area contributed by atoms with Crippen LogP contribution in [0.15, 0.2) is 46.2 Å². The second kappa shape index (κ2) is 10.2. The van der Waals surface area contributed by atoms with Crippen molar-refractivity contribution >= 4 is 35.3 Å². The van der Waals surface area contributed by atoms with Crippen LogP contribution in [0.5, 0.6) is 0 Å². The summed E-state index contributed by atoms with van der Waals surface area (Å²) in [6.45, 7) is 6.73. The predicted octanol–water partition coefficient (Wildman–Crippen LogP) is 4.32. The van der Waals surface area contributed by atoms with Crippen molar-refractivity contribution in [2.24, 2.45) is 0 Å². The van der Waals surface area contributed by atoms with Crippen LogP contribution in [0.3, 0.4) is 0 Å². The molecule has 36 heavy (non-hydrogen) atoms. The number of likely N-dealkylation sites (N-methyl/N-ethyl adjacent to an activating group) is 1. The molecule has 0 N–H and O–H groups in total. The van der Waals surface area contributed by atoms with Gasteiger partial charge in [0.15, 0.2) is 10.9 Å². The molecule has 0 radical (unpaired) electrons. The summed E-state index contributed by atoms with van der Waals surface area (Å²) in [6, 6.07) is 7.54. The third-order valence-electron chi connectivity index (χ3n) is 5.50. The first-order chi connectivity index (χ1) is 17.1.